The normalized spacial score (nSPS) is 11.7. The molecule has 0 aliphatic rings. The lowest BCUT2D eigenvalue weighted by atomic mass is 10.1. The van der Waals surface area contributed by atoms with Gasteiger partial charge in [-0.25, -0.2) is 0 Å². The lowest BCUT2D eigenvalue weighted by Gasteiger charge is -2.12. The second kappa shape index (κ2) is 10.2. The molecule has 0 aliphatic heterocycles. The number of ether oxygens (including phenoxy) is 1. The van der Waals surface area contributed by atoms with Crippen molar-refractivity contribution < 1.29 is 9.84 Å². The Kier molecular flexibility index (Phi) is 9.74. The Balaban J connectivity index is 0.00000289. The molecule has 1 aromatic carbocycles. The van der Waals surface area contributed by atoms with Crippen molar-refractivity contribution in [2.75, 3.05) is 19.7 Å². The summed E-state index contributed by atoms with van der Waals surface area (Å²) in [7, 11) is 0. The first-order valence-electron chi connectivity index (χ1n) is 6.36. The molecule has 0 fully saturated rings. The molecule has 0 saturated carbocycles. The van der Waals surface area contributed by atoms with E-state index in [9.17, 15) is 5.11 Å². The second-order valence-electron chi connectivity index (χ2n) is 4.14. The van der Waals surface area contributed by atoms with Crippen molar-refractivity contribution in [3.8, 4) is 5.75 Å². The van der Waals surface area contributed by atoms with Gasteiger partial charge in [0.05, 0.1) is 12.7 Å². The fourth-order valence-electron chi connectivity index (χ4n) is 1.68. The first-order valence-corrected chi connectivity index (χ1v) is 6.36. The van der Waals surface area contributed by atoms with Crippen molar-refractivity contribution in [3.63, 3.8) is 0 Å². The molecule has 18 heavy (non-hydrogen) atoms. The van der Waals surface area contributed by atoms with Crippen LogP contribution < -0.4 is 10.1 Å². The van der Waals surface area contributed by atoms with Crippen LogP contribution in [0.2, 0.25) is 0 Å². The number of benzene rings is 1. The molecule has 0 bridgehead atoms. The van der Waals surface area contributed by atoms with Gasteiger partial charge in [-0.15, -0.1) is 12.4 Å². The fraction of sp³-hybridized carbons (Fsp3) is 0.571. The molecule has 0 heterocycles. The highest BCUT2D eigenvalue weighted by molar-refractivity contribution is 5.85. The summed E-state index contributed by atoms with van der Waals surface area (Å²) in [5.41, 5.74) is 1.14. The molecule has 0 spiro atoms. The van der Waals surface area contributed by atoms with Gasteiger partial charge in [-0.3, -0.25) is 0 Å². The first kappa shape index (κ1) is 17.2. The third-order valence-corrected chi connectivity index (χ3v) is 2.51. The van der Waals surface area contributed by atoms with Crippen LogP contribution in [0.25, 0.3) is 0 Å². The maximum absolute atomic E-state index is 9.81. The molecule has 0 aliphatic carbocycles. The van der Waals surface area contributed by atoms with E-state index in [1.54, 1.807) is 0 Å². The molecule has 0 amide bonds. The lowest BCUT2D eigenvalue weighted by Crippen LogP contribution is -2.28. The number of hydrogen-bond acceptors (Lipinski definition) is 3. The van der Waals surface area contributed by atoms with Crippen molar-refractivity contribution in [1.82, 2.24) is 5.32 Å². The lowest BCUT2D eigenvalue weighted by molar-refractivity contribution is 0.172. The van der Waals surface area contributed by atoms with Crippen molar-refractivity contribution in [3.05, 3.63) is 29.8 Å². The van der Waals surface area contributed by atoms with Gasteiger partial charge < -0.3 is 15.2 Å². The predicted molar refractivity (Wildman–Crippen MR) is 77.7 cm³/mol. The van der Waals surface area contributed by atoms with E-state index in [0.717, 1.165) is 24.3 Å². The molecule has 0 aromatic heterocycles. The Hall–Kier alpha value is -0.770. The zero-order chi connectivity index (χ0) is 12.5. The Morgan fingerprint density at radius 2 is 1.89 bits per heavy atom. The van der Waals surface area contributed by atoms with Gasteiger partial charge in [0.15, 0.2) is 0 Å². The average Bonchev–Trinajstić information content (AvgIpc) is 2.32. The SMILES string of the molecule is CCCNCC(O)Cc1ccc(OCC)cc1.Cl. The predicted octanol–water partition coefficient (Wildman–Crippen LogP) is 2.41. The third kappa shape index (κ3) is 6.84. The minimum Gasteiger partial charge on any atom is -0.494 e. The minimum absolute atomic E-state index is 0. The number of rotatable bonds is 8. The highest BCUT2D eigenvalue weighted by Gasteiger charge is 2.04. The summed E-state index contributed by atoms with van der Waals surface area (Å²) in [5, 5.41) is 13.0. The monoisotopic (exact) mass is 273 g/mol. The minimum atomic E-state index is -0.320. The Bertz CT molecular complexity index is 303. The Labute approximate surface area is 116 Å². The van der Waals surface area contributed by atoms with Crippen LogP contribution in [0.15, 0.2) is 24.3 Å². The van der Waals surface area contributed by atoms with Crippen molar-refractivity contribution >= 4 is 12.4 Å². The quantitative estimate of drug-likeness (QED) is 0.715. The van der Waals surface area contributed by atoms with E-state index in [-0.39, 0.29) is 18.5 Å². The third-order valence-electron chi connectivity index (χ3n) is 2.51. The van der Waals surface area contributed by atoms with E-state index in [2.05, 4.69) is 12.2 Å². The topological polar surface area (TPSA) is 41.5 Å². The van der Waals surface area contributed by atoms with Gasteiger partial charge in [0.1, 0.15) is 5.75 Å². The zero-order valence-electron chi connectivity index (χ0n) is 11.2. The number of halogens is 1. The summed E-state index contributed by atoms with van der Waals surface area (Å²) in [6.07, 6.45) is 1.46. The maximum Gasteiger partial charge on any atom is 0.119 e. The van der Waals surface area contributed by atoms with Crippen molar-refractivity contribution in [1.29, 1.82) is 0 Å². The van der Waals surface area contributed by atoms with Crippen LogP contribution in [0.3, 0.4) is 0 Å². The molecule has 104 valence electrons. The van der Waals surface area contributed by atoms with E-state index in [0.29, 0.717) is 19.6 Å². The smallest absolute Gasteiger partial charge is 0.119 e. The summed E-state index contributed by atoms with van der Waals surface area (Å²) in [6.45, 7) is 6.38. The highest BCUT2D eigenvalue weighted by Crippen LogP contribution is 2.13. The van der Waals surface area contributed by atoms with Crippen molar-refractivity contribution in [2.45, 2.75) is 32.8 Å². The van der Waals surface area contributed by atoms with Gasteiger partial charge in [0.25, 0.3) is 0 Å². The summed E-state index contributed by atoms with van der Waals surface area (Å²) in [5.74, 6) is 0.884. The zero-order valence-corrected chi connectivity index (χ0v) is 12.0. The Morgan fingerprint density at radius 1 is 1.22 bits per heavy atom. The van der Waals surface area contributed by atoms with E-state index < -0.39 is 0 Å². The molecular weight excluding hydrogens is 250 g/mol. The van der Waals surface area contributed by atoms with E-state index in [1.165, 1.54) is 0 Å². The van der Waals surface area contributed by atoms with E-state index in [1.807, 2.05) is 31.2 Å². The summed E-state index contributed by atoms with van der Waals surface area (Å²) in [6, 6.07) is 7.91. The summed E-state index contributed by atoms with van der Waals surface area (Å²) in [4.78, 5) is 0. The summed E-state index contributed by atoms with van der Waals surface area (Å²) < 4.78 is 5.37. The van der Waals surface area contributed by atoms with Gasteiger partial charge >= 0.3 is 0 Å². The van der Waals surface area contributed by atoms with Gasteiger partial charge in [-0.05, 0) is 44.0 Å². The van der Waals surface area contributed by atoms with E-state index in [4.69, 9.17) is 4.74 Å². The van der Waals surface area contributed by atoms with Gasteiger partial charge in [0.2, 0.25) is 0 Å². The number of hydrogen-bond donors (Lipinski definition) is 2. The van der Waals surface area contributed by atoms with Crippen LogP contribution in [-0.4, -0.2) is 30.9 Å². The number of aliphatic hydroxyl groups is 1. The maximum atomic E-state index is 9.81. The molecule has 4 heteroatoms. The van der Waals surface area contributed by atoms with Gasteiger partial charge in [0, 0.05) is 6.54 Å². The molecule has 0 saturated heterocycles. The van der Waals surface area contributed by atoms with Crippen LogP contribution in [-0.2, 0) is 6.42 Å². The fourth-order valence-corrected chi connectivity index (χ4v) is 1.68. The van der Waals surface area contributed by atoms with Crippen LogP contribution in [0.5, 0.6) is 5.75 Å². The molecule has 1 unspecified atom stereocenters. The largest absolute Gasteiger partial charge is 0.494 e. The summed E-state index contributed by atoms with van der Waals surface area (Å²) >= 11 is 0. The molecule has 0 radical (unpaired) electrons. The van der Waals surface area contributed by atoms with Crippen LogP contribution in [0, 0.1) is 0 Å². The van der Waals surface area contributed by atoms with Gasteiger partial charge in [-0.1, -0.05) is 19.1 Å². The van der Waals surface area contributed by atoms with Gasteiger partial charge in [-0.2, -0.15) is 0 Å². The van der Waals surface area contributed by atoms with Crippen LogP contribution in [0.1, 0.15) is 25.8 Å². The number of nitrogens with one attached hydrogen (secondary N) is 1. The highest BCUT2D eigenvalue weighted by atomic mass is 35.5. The second-order valence-corrected chi connectivity index (χ2v) is 4.14. The van der Waals surface area contributed by atoms with E-state index >= 15 is 0 Å². The molecule has 3 nitrogen and oxygen atoms in total. The Morgan fingerprint density at radius 3 is 2.44 bits per heavy atom. The molecule has 1 aromatic rings. The molecule has 1 rings (SSSR count). The van der Waals surface area contributed by atoms with Crippen molar-refractivity contribution in [2.24, 2.45) is 0 Å². The standard InChI is InChI=1S/C14H23NO2.ClH/c1-3-9-15-11-13(16)10-12-5-7-14(8-6-12)17-4-2;/h5-8,13,15-16H,3-4,9-11H2,1-2H3;1H. The first-order chi connectivity index (χ1) is 8.26. The average molecular weight is 274 g/mol. The molecule has 2 N–H and O–H groups in total. The number of aliphatic hydroxyl groups excluding tert-OH is 1. The van der Waals surface area contributed by atoms with Crippen LogP contribution >= 0.6 is 12.4 Å². The van der Waals surface area contributed by atoms with Crippen LogP contribution in [0.4, 0.5) is 0 Å². The molecule has 1 atom stereocenters. The molecular formula is C14H24ClNO2.